The molecular formula is C12H20O3. The summed E-state index contributed by atoms with van der Waals surface area (Å²) < 4.78 is 10.9. The van der Waals surface area contributed by atoms with Gasteiger partial charge in [0.1, 0.15) is 5.78 Å². The molecule has 0 N–H and O–H groups in total. The standard InChI is InChI=1S/C12H20O3/c1-4-5-6-10(13)9-12(2,3)11-14-7-8-15-11/h4,11H,1,5-9H2,2-3H3. The van der Waals surface area contributed by atoms with Gasteiger partial charge in [-0.25, -0.2) is 0 Å². The van der Waals surface area contributed by atoms with Crippen molar-refractivity contribution < 1.29 is 14.3 Å². The van der Waals surface area contributed by atoms with E-state index in [1.165, 1.54) is 0 Å². The Balaban J connectivity index is 2.40. The molecule has 0 aromatic rings. The largest absolute Gasteiger partial charge is 0.350 e. The first kappa shape index (κ1) is 12.4. The van der Waals surface area contributed by atoms with Crippen molar-refractivity contribution in [3.05, 3.63) is 12.7 Å². The van der Waals surface area contributed by atoms with E-state index in [4.69, 9.17) is 9.47 Å². The van der Waals surface area contributed by atoms with E-state index in [0.29, 0.717) is 26.1 Å². The van der Waals surface area contributed by atoms with Gasteiger partial charge in [-0.05, 0) is 6.42 Å². The summed E-state index contributed by atoms with van der Waals surface area (Å²) in [5.74, 6) is 0.249. The molecule has 3 nitrogen and oxygen atoms in total. The van der Waals surface area contributed by atoms with Crippen LogP contribution in [0.4, 0.5) is 0 Å². The van der Waals surface area contributed by atoms with E-state index in [9.17, 15) is 4.79 Å². The topological polar surface area (TPSA) is 35.5 Å². The predicted molar refractivity (Wildman–Crippen MR) is 58.5 cm³/mol. The molecule has 0 bridgehead atoms. The Morgan fingerprint density at radius 3 is 2.60 bits per heavy atom. The van der Waals surface area contributed by atoms with Crippen LogP contribution in [0.2, 0.25) is 0 Å². The van der Waals surface area contributed by atoms with Gasteiger partial charge in [-0.15, -0.1) is 6.58 Å². The SMILES string of the molecule is C=CCCC(=O)CC(C)(C)C1OCCO1. The summed E-state index contributed by atoms with van der Waals surface area (Å²) in [4.78, 5) is 11.6. The van der Waals surface area contributed by atoms with E-state index in [1.807, 2.05) is 13.8 Å². The molecule has 86 valence electrons. The number of Topliss-reactive ketones (excluding diaryl/α,β-unsaturated/α-hetero) is 1. The highest BCUT2D eigenvalue weighted by Gasteiger charge is 2.35. The number of carbonyl (C=O) groups excluding carboxylic acids is 1. The van der Waals surface area contributed by atoms with Crippen LogP contribution in [0.1, 0.15) is 33.1 Å². The Morgan fingerprint density at radius 2 is 2.07 bits per heavy atom. The third kappa shape index (κ3) is 3.76. The van der Waals surface area contributed by atoms with Crippen LogP contribution in [0.15, 0.2) is 12.7 Å². The van der Waals surface area contributed by atoms with Gasteiger partial charge in [0, 0.05) is 18.3 Å². The molecule has 0 aromatic carbocycles. The molecule has 1 rings (SSSR count). The zero-order chi connectivity index (χ0) is 11.3. The monoisotopic (exact) mass is 212 g/mol. The summed E-state index contributed by atoms with van der Waals surface area (Å²) >= 11 is 0. The highest BCUT2D eigenvalue weighted by Crippen LogP contribution is 2.31. The summed E-state index contributed by atoms with van der Waals surface area (Å²) in [7, 11) is 0. The minimum atomic E-state index is -0.231. The van der Waals surface area contributed by atoms with Crippen LogP contribution in [0.5, 0.6) is 0 Å². The zero-order valence-corrected chi connectivity index (χ0v) is 9.62. The maximum atomic E-state index is 11.6. The molecule has 15 heavy (non-hydrogen) atoms. The predicted octanol–water partition coefficient (Wildman–Crippen LogP) is 2.31. The molecule has 0 spiro atoms. The van der Waals surface area contributed by atoms with Gasteiger partial charge in [-0.1, -0.05) is 19.9 Å². The third-order valence-electron chi connectivity index (χ3n) is 2.54. The van der Waals surface area contributed by atoms with E-state index in [-0.39, 0.29) is 17.5 Å². The number of ether oxygens (including phenoxy) is 2. The van der Waals surface area contributed by atoms with Gasteiger partial charge in [0.2, 0.25) is 0 Å². The zero-order valence-electron chi connectivity index (χ0n) is 9.62. The fraction of sp³-hybridized carbons (Fsp3) is 0.750. The number of hydrogen-bond acceptors (Lipinski definition) is 3. The number of rotatable bonds is 6. The average Bonchev–Trinajstić information content (AvgIpc) is 2.67. The molecule has 0 aromatic heterocycles. The summed E-state index contributed by atoms with van der Waals surface area (Å²) in [5.41, 5.74) is -0.227. The Morgan fingerprint density at radius 1 is 1.47 bits per heavy atom. The smallest absolute Gasteiger partial charge is 0.163 e. The molecular weight excluding hydrogens is 192 g/mol. The number of ketones is 1. The molecule has 1 aliphatic heterocycles. The molecule has 0 saturated carbocycles. The highest BCUT2D eigenvalue weighted by atomic mass is 16.7. The van der Waals surface area contributed by atoms with Crippen LogP contribution < -0.4 is 0 Å². The number of carbonyl (C=O) groups is 1. The maximum absolute atomic E-state index is 11.6. The van der Waals surface area contributed by atoms with Crippen molar-refractivity contribution >= 4 is 5.78 Å². The van der Waals surface area contributed by atoms with Crippen LogP contribution in [-0.2, 0) is 14.3 Å². The van der Waals surface area contributed by atoms with Gasteiger partial charge in [0.25, 0.3) is 0 Å². The minimum absolute atomic E-state index is 0.227. The van der Waals surface area contributed by atoms with Crippen molar-refractivity contribution in [1.29, 1.82) is 0 Å². The molecule has 0 atom stereocenters. The molecule has 0 aliphatic carbocycles. The summed E-state index contributed by atoms with van der Waals surface area (Å²) in [6.45, 7) is 8.89. The molecule has 0 unspecified atom stereocenters. The van der Waals surface area contributed by atoms with E-state index in [1.54, 1.807) is 6.08 Å². The molecule has 0 radical (unpaired) electrons. The minimum Gasteiger partial charge on any atom is -0.350 e. The van der Waals surface area contributed by atoms with E-state index in [0.717, 1.165) is 6.42 Å². The first-order chi connectivity index (χ1) is 7.06. The molecule has 3 heteroatoms. The maximum Gasteiger partial charge on any atom is 0.163 e. The average molecular weight is 212 g/mol. The lowest BCUT2D eigenvalue weighted by molar-refractivity contribution is -0.139. The van der Waals surface area contributed by atoms with Crippen molar-refractivity contribution in [2.75, 3.05) is 13.2 Å². The van der Waals surface area contributed by atoms with Crippen LogP contribution >= 0.6 is 0 Å². The Labute approximate surface area is 91.4 Å². The van der Waals surface area contributed by atoms with Crippen LogP contribution in [-0.4, -0.2) is 25.3 Å². The van der Waals surface area contributed by atoms with Crippen LogP contribution in [0.25, 0.3) is 0 Å². The second-order valence-corrected chi connectivity index (χ2v) is 4.60. The van der Waals surface area contributed by atoms with Crippen molar-refractivity contribution in [1.82, 2.24) is 0 Å². The number of allylic oxidation sites excluding steroid dienone is 1. The molecule has 1 aliphatic rings. The Kier molecular flexibility index (Phi) is 4.48. The molecule has 1 heterocycles. The molecule has 1 fully saturated rings. The fourth-order valence-electron chi connectivity index (χ4n) is 1.75. The van der Waals surface area contributed by atoms with Gasteiger partial charge >= 0.3 is 0 Å². The third-order valence-corrected chi connectivity index (χ3v) is 2.54. The van der Waals surface area contributed by atoms with Gasteiger partial charge in [-0.2, -0.15) is 0 Å². The second-order valence-electron chi connectivity index (χ2n) is 4.60. The van der Waals surface area contributed by atoms with Gasteiger partial charge in [0.05, 0.1) is 13.2 Å². The lowest BCUT2D eigenvalue weighted by Gasteiger charge is -2.28. The van der Waals surface area contributed by atoms with Crippen molar-refractivity contribution in [3.8, 4) is 0 Å². The second kappa shape index (κ2) is 5.42. The summed E-state index contributed by atoms with van der Waals surface area (Å²) in [6, 6.07) is 0. The summed E-state index contributed by atoms with van der Waals surface area (Å²) in [6.07, 6.45) is 3.37. The van der Waals surface area contributed by atoms with Crippen molar-refractivity contribution in [2.24, 2.45) is 5.41 Å². The lowest BCUT2D eigenvalue weighted by Crippen LogP contribution is -2.32. The van der Waals surface area contributed by atoms with Crippen molar-refractivity contribution in [3.63, 3.8) is 0 Å². The quantitative estimate of drug-likeness (QED) is 0.634. The van der Waals surface area contributed by atoms with E-state index in [2.05, 4.69) is 6.58 Å². The van der Waals surface area contributed by atoms with E-state index >= 15 is 0 Å². The van der Waals surface area contributed by atoms with Gasteiger partial charge in [0.15, 0.2) is 6.29 Å². The van der Waals surface area contributed by atoms with Gasteiger partial charge < -0.3 is 9.47 Å². The summed E-state index contributed by atoms with van der Waals surface area (Å²) in [5, 5.41) is 0. The Bertz CT molecular complexity index is 227. The van der Waals surface area contributed by atoms with E-state index < -0.39 is 0 Å². The van der Waals surface area contributed by atoms with Crippen LogP contribution in [0.3, 0.4) is 0 Å². The Hall–Kier alpha value is -0.670. The van der Waals surface area contributed by atoms with Crippen molar-refractivity contribution in [2.45, 2.75) is 39.4 Å². The first-order valence-corrected chi connectivity index (χ1v) is 5.42. The fourth-order valence-corrected chi connectivity index (χ4v) is 1.75. The lowest BCUT2D eigenvalue weighted by atomic mass is 9.85. The molecule has 0 amide bonds. The normalized spacial score (nSPS) is 18.0. The van der Waals surface area contributed by atoms with Gasteiger partial charge in [-0.3, -0.25) is 4.79 Å². The van der Waals surface area contributed by atoms with Crippen LogP contribution in [0, 0.1) is 5.41 Å². The highest BCUT2D eigenvalue weighted by molar-refractivity contribution is 5.79. The molecule has 1 saturated heterocycles. The first-order valence-electron chi connectivity index (χ1n) is 5.42. The number of hydrogen-bond donors (Lipinski definition) is 0.